The Morgan fingerprint density at radius 2 is 2.33 bits per heavy atom. The van der Waals surface area contributed by atoms with Gasteiger partial charge in [0.25, 0.3) is 0 Å². The van der Waals surface area contributed by atoms with Gasteiger partial charge in [0, 0.05) is 21.4 Å². The fourth-order valence-corrected chi connectivity index (χ4v) is 2.08. The van der Waals surface area contributed by atoms with Gasteiger partial charge in [-0.3, -0.25) is 0 Å². The van der Waals surface area contributed by atoms with Crippen molar-refractivity contribution >= 4 is 38.8 Å². The maximum Gasteiger partial charge on any atom is 0.216 e. The highest BCUT2D eigenvalue weighted by molar-refractivity contribution is 9.10. The van der Waals surface area contributed by atoms with Crippen LogP contribution in [-0.4, -0.2) is 20.6 Å². The van der Waals surface area contributed by atoms with Gasteiger partial charge in [-0.05, 0) is 23.4 Å². The van der Waals surface area contributed by atoms with Crippen LogP contribution in [0.4, 0.5) is 5.69 Å². The topological polar surface area (TPSA) is 90.3 Å². The molecule has 0 saturated heterocycles. The number of H-pyrrole nitrogens is 1. The van der Waals surface area contributed by atoms with Gasteiger partial charge in [-0.25, -0.2) is 0 Å². The number of rotatable bonds is 3. The van der Waals surface area contributed by atoms with Crippen molar-refractivity contribution in [1.29, 1.82) is 5.26 Å². The first kappa shape index (κ1) is 12.5. The van der Waals surface area contributed by atoms with Crippen LogP contribution in [0, 0.1) is 11.3 Å². The van der Waals surface area contributed by atoms with Gasteiger partial charge in [0.15, 0.2) is 0 Å². The number of hydrogen-bond acceptors (Lipinski definition) is 5. The third-order valence-corrected chi connectivity index (χ3v) is 2.63. The Bertz CT molecular complexity index is 596. The van der Waals surface area contributed by atoms with Crippen LogP contribution >= 0.6 is 27.5 Å². The number of tetrazole rings is 1. The summed E-state index contributed by atoms with van der Waals surface area (Å²) in [4.78, 5) is 0. The van der Waals surface area contributed by atoms with E-state index >= 15 is 0 Å². The lowest BCUT2D eigenvalue weighted by molar-refractivity contribution is 0.881. The van der Waals surface area contributed by atoms with Crippen LogP contribution in [0.15, 0.2) is 28.9 Å². The van der Waals surface area contributed by atoms with E-state index in [1.54, 1.807) is 12.1 Å². The molecule has 2 aromatic rings. The molecule has 1 aromatic carbocycles. The lowest BCUT2D eigenvalue weighted by Crippen LogP contribution is -1.93. The smallest absolute Gasteiger partial charge is 0.216 e. The van der Waals surface area contributed by atoms with Crippen LogP contribution in [0.3, 0.4) is 0 Å². The van der Waals surface area contributed by atoms with Crippen molar-refractivity contribution in [2.75, 3.05) is 5.32 Å². The predicted molar refractivity (Wildman–Crippen MR) is 70.5 cm³/mol. The Kier molecular flexibility index (Phi) is 3.92. The molecule has 0 saturated carbocycles. The number of nitriles is 1. The van der Waals surface area contributed by atoms with E-state index in [9.17, 15) is 0 Å². The zero-order valence-corrected chi connectivity index (χ0v) is 11.2. The molecule has 0 bridgehead atoms. The molecule has 8 heteroatoms. The normalized spacial score (nSPS) is 11.1. The number of anilines is 1. The van der Waals surface area contributed by atoms with Crippen molar-refractivity contribution in [3.63, 3.8) is 0 Å². The van der Waals surface area contributed by atoms with Gasteiger partial charge in [-0.1, -0.05) is 27.5 Å². The summed E-state index contributed by atoms with van der Waals surface area (Å²) in [5, 5.41) is 25.6. The SMILES string of the molecule is N#CC(=CNc1cc(Cl)cc(Br)c1)c1nn[nH]n1. The van der Waals surface area contributed by atoms with Gasteiger partial charge < -0.3 is 5.32 Å². The van der Waals surface area contributed by atoms with Crippen LogP contribution in [0.1, 0.15) is 5.82 Å². The standard InChI is InChI=1S/C10H6BrClN6/c11-7-1-8(12)3-9(2-7)14-5-6(4-13)10-15-17-18-16-10/h1-3,5,14H,(H,15,16,17,18). The molecule has 0 atom stereocenters. The molecule has 90 valence electrons. The van der Waals surface area contributed by atoms with E-state index < -0.39 is 0 Å². The summed E-state index contributed by atoms with van der Waals surface area (Å²) in [7, 11) is 0. The van der Waals surface area contributed by atoms with E-state index in [2.05, 4.69) is 41.9 Å². The molecule has 0 unspecified atom stereocenters. The third-order valence-electron chi connectivity index (χ3n) is 1.95. The lowest BCUT2D eigenvalue weighted by atomic mass is 10.3. The highest BCUT2D eigenvalue weighted by atomic mass is 79.9. The Labute approximate surface area is 116 Å². The number of aromatic nitrogens is 4. The second-order valence-corrected chi connectivity index (χ2v) is 4.56. The number of hydrogen-bond donors (Lipinski definition) is 2. The summed E-state index contributed by atoms with van der Waals surface area (Å²) in [5.41, 5.74) is 1.01. The van der Waals surface area contributed by atoms with Gasteiger partial charge >= 0.3 is 0 Å². The highest BCUT2D eigenvalue weighted by Crippen LogP contribution is 2.23. The number of halogens is 2. The Morgan fingerprint density at radius 1 is 1.50 bits per heavy atom. The molecule has 1 aromatic heterocycles. The summed E-state index contributed by atoms with van der Waals surface area (Å²) in [6.07, 6.45) is 1.49. The summed E-state index contributed by atoms with van der Waals surface area (Å²) in [5.74, 6) is 0.228. The zero-order valence-electron chi connectivity index (χ0n) is 8.85. The average Bonchev–Trinajstić information content (AvgIpc) is 2.82. The lowest BCUT2D eigenvalue weighted by Gasteiger charge is -2.02. The molecule has 0 radical (unpaired) electrons. The molecule has 2 N–H and O–H groups in total. The van der Waals surface area contributed by atoms with Crippen LogP contribution in [0.25, 0.3) is 5.57 Å². The second kappa shape index (κ2) is 5.62. The van der Waals surface area contributed by atoms with Crippen LogP contribution in [0.5, 0.6) is 0 Å². The molecule has 0 amide bonds. The fraction of sp³-hybridized carbons (Fsp3) is 0. The number of aromatic amines is 1. The summed E-state index contributed by atoms with van der Waals surface area (Å²) in [6, 6.07) is 7.29. The molecule has 0 aliphatic heterocycles. The second-order valence-electron chi connectivity index (χ2n) is 3.21. The van der Waals surface area contributed by atoms with Gasteiger partial charge in [-0.2, -0.15) is 10.5 Å². The first-order valence-corrected chi connectivity index (χ1v) is 5.93. The zero-order chi connectivity index (χ0) is 13.0. The molecule has 18 heavy (non-hydrogen) atoms. The van der Waals surface area contributed by atoms with E-state index in [0.29, 0.717) is 5.02 Å². The monoisotopic (exact) mass is 324 g/mol. The molecule has 6 nitrogen and oxygen atoms in total. The summed E-state index contributed by atoms with van der Waals surface area (Å²) >= 11 is 9.23. The van der Waals surface area contributed by atoms with Crippen LogP contribution < -0.4 is 5.32 Å². The van der Waals surface area contributed by atoms with E-state index in [1.165, 1.54) is 6.20 Å². The van der Waals surface area contributed by atoms with E-state index in [0.717, 1.165) is 10.2 Å². The number of benzene rings is 1. The summed E-state index contributed by atoms with van der Waals surface area (Å²) in [6.45, 7) is 0. The molecule has 0 aliphatic carbocycles. The maximum atomic E-state index is 8.97. The van der Waals surface area contributed by atoms with E-state index in [4.69, 9.17) is 16.9 Å². The minimum Gasteiger partial charge on any atom is -0.360 e. The Morgan fingerprint density at radius 3 is 2.94 bits per heavy atom. The number of allylic oxidation sites excluding steroid dienone is 1. The first-order chi connectivity index (χ1) is 8.69. The van der Waals surface area contributed by atoms with Crippen molar-refractivity contribution in [1.82, 2.24) is 20.6 Å². The molecule has 0 fully saturated rings. The van der Waals surface area contributed by atoms with E-state index in [-0.39, 0.29) is 11.4 Å². The van der Waals surface area contributed by atoms with Crippen molar-refractivity contribution < 1.29 is 0 Å². The molecule has 2 rings (SSSR count). The van der Waals surface area contributed by atoms with Crippen molar-refractivity contribution in [2.45, 2.75) is 0 Å². The quantitative estimate of drug-likeness (QED) is 0.847. The van der Waals surface area contributed by atoms with Crippen molar-refractivity contribution in [3.8, 4) is 6.07 Å². The Hall–Kier alpha value is -1.91. The number of nitrogens with one attached hydrogen (secondary N) is 2. The third kappa shape index (κ3) is 3.06. The van der Waals surface area contributed by atoms with Gasteiger partial charge in [0.05, 0.1) is 0 Å². The van der Waals surface area contributed by atoms with Crippen molar-refractivity contribution in [3.05, 3.63) is 39.7 Å². The predicted octanol–water partition coefficient (Wildman–Crippen LogP) is 2.59. The number of nitrogens with zero attached hydrogens (tertiary/aromatic N) is 4. The molecule has 1 heterocycles. The van der Waals surface area contributed by atoms with Gasteiger partial charge in [0.1, 0.15) is 11.6 Å². The average molecular weight is 326 g/mol. The Balaban J connectivity index is 2.21. The minimum absolute atomic E-state index is 0.228. The largest absolute Gasteiger partial charge is 0.360 e. The fourth-order valence-electron chi connectivity index (χ4n) is 1.22. The van der Waals surface area contributed by atoms with Gasteiger partial charge in [-0.15, -0.1) is 10.2 Å². The van der Waals surface area contributed by atoms with Crippen LogP contribution in [-0.2, 0) is 0 Å². The van der Waals surface area contributed by atoms with Crippen LogP contribution in [0.2, 0.25) is 5.02 Å². The molecular weight excluding hydrogens is 320 g/mol. The van der Waals surface area contributed by atoms with Gasteiger partial charge in [0.2, 0.25) is 5.82 Å². The summed E-state index contributed by atoms with van der Waals surface area (Å²) < 4.78 is 0.837. The maximum absolute atomic E-state index is 8.97. The highest BCUT2D eigenvalue weighted by Gasteiger charge is 2.05. The minimum atomic E-state index is 0.228. The van der Waals surface area contributed by atoms with E-state index in [1.807, 2.05) is 12.1 Å². The molecule has 0 aliphatic rings. The van der Waals surface area contributed by atoms with Crippen molar-refractivity contribution in [2.24, 2.45) is 0 Å². The molecular formula is C10H6BrClN6. The first-order valence-electron chi connectivity index (χ1n) is 4.76. The molecule has 0 spiro atoms.